The molecule has 0 fully saturated rings. The topological polar surface area (TPSA) is 55.1 Å². The number of anilines is 1. The van der Waals surface area contributed by atoms with Crippen molar-refractivity contribution in [2.45, 2.75) is 19.5 Å². The van der Waals surface area contributed by atoms with Gasteiger partial charge >= 0.3 is 6.03 Å². The van der Waals surface area contributed by atoms with E-state index < -0.39 is 11.9 Å². The zero-order valence-electron chi connectivity index (χ0n) is 20.0. The molecule has 6 rings (SSSR count). The lowest BCUT2D eigenvalue weighted by Crippen LogP contribution is -2.38. The standard InChI is InChI=1S/C29H23ClFN5O/c1-19-25-18-35(29(37)32-23-11-6-10-22(31)17-23)27(20-8-5-9-21(30)16-20)26-14-7-15-34(26)28(25)36(33-19)24-12-3-2-4-13-24/h2-17,27H,18H2,1H3,(H,32,37)/t27-/m1/s1. The van der Waals surface area contributed by atoms with Crippen molar-refractivity contribution >= 4 is 23.3 Å². The maximum Gasteiger partial charge on any atom is 0.322 e. The third-order valence-corrected chi connectivity index (χ3v) is 6.82. The van der Waals surface area contributed by atoms with E-state index in [1.54, 1.807) is 17.0 Å². The first kappa shape index (κ1) is 23.1. The van der Waals surface area contributed by atoms with Crippen molar-refractivity contribution < 1.29 is 9.18 Å². The predicted molar refractivity (Wildman–Crippen MR) is 142 cm³/mol. The molecule has 1 atom stereocenters. The van der Waals surface area contributed by atoms with E-state index >= 15 is 0 Å². The number of rotatable bonds is 3. The summed E-state index contributed by atoms with van der Waals surface area (Å²) in [4.78, 5) is 15.6. The minimum Gasteiger partial charge on any atom is -0.308 e. The summed E-state index contributed by atoms with van der Waals surface area (Å²) >= 11 is 6.40. The van der Waals surface area contributed by atoms with Crippen LogP contribution in [-0.4, -0.2) is 25.3 Å². The maximum absolute atomic E-state index is 13.9. The molecular weight excluding hydrogens is 489 g/mol. The monoisotopic (exact) mass is 511 g/mol. The zero-order valence-corrected chi connectivity index (χ0v) is 20.7. The van der Waals surface area contributed by atoms with Gasteiger partial charge < -0.3 is 14.8 Å². The van der Waals surface area contributed by atoms with Gasteiger partial charge in [-0.3, -0.25) is 0 Å². The van der Waals surface area contributed by atoms with Gasteiger partial charge in [0.15, 0.2) is 0 Å². The summed E-state index contributed by atoms with van der Waals surface area (Å²) in [5.41, 5.74) is 4.78. The van der Waals surface area contributed by atoms with Gasteiger partial charge in [0.25, 0.3) is 0 Å². The van der Waals surface area contributed by atoms with E-state index in [0.717, 1.165) is 34.0 Å². The van der Waals surface area contributed by atoms with Crippen molar-refractivity contribution in [3.63, 3.8) is 0 Å². The number of hydrogen-bond acceptors (Lipinski definition) is 2. The van der Waals surface area contributed by atoms with Crippen LogP contribution in [0, 0.1) is 12.7 Å². The van der Waals surface area contributed by atoms with E-state index in [-0.39, 0.29) is 12.6 Å². The summed E-state index contributed by atoms with van der Waals surface area (Å²) < 4.78 is 17.9. The van der Waals surface area contributed by atoms with Gasteiger partial charge in [-0.1, -0.05) is 48.0 Å². The van der Waals surface area contributed by atoms with Crippen LogP contribution in [0.5, 0.6) is 0 Å². The van der Waals surface area contributed by atoms with Gasteiger partial charge in [-0.2, -0.15) is 5.10 Å². The minimum atomic E-state index is -0.460. The van der Waals surface area contributed by atoms with Crippen LogP contribution in [0.3, 0.4) is 0 Å². The number of halogens is 2. The number of aryl methyl sites for hydroxylation is 1. The van der Waals surface area contributed by atoms with E-state index in [1.807, 2.05) is 84.5 Å². The van der Waals surface area contributed by atoms with Crippen molar-refractivity contribution in [1.29, 1.82) is 0 Å². The number of fused-ring (bicyclic) bond motifs is 3. The van der Waals surface area contributed by atoms with Crippen molar-refractivity contribution in [3.8, 4) is 11.5 Å². The third kappa shape index (κ3) is 4.17. The highest BCUT2D eigenvalue weighted by Gasteiger charge is 2.36. The molecule has 3 heterocycles. The van der Waals surface area contributed by atoms with Crippen LogP contribution >= 0.6 is 11.6 Å². The number of hydrogen-bond donors (Lipinski definition) is 1. The molecular formula is C29H23ClFN5O. The first-order valence-corrected chi connectivity index (χ1v) is 12.3. The molecule has 0 aliphatic carbocycles. The first-order valence-electron chi connectivity index (χ1n) is 11.9. The van der Waals surface area contributed by atoms with Crippen molar-refractivity contribution in [2.24, 2.45) is 0 Å². The lowest BCUT2D eigenvalue weighted by Gasteiger charge is -2.31. The quantitative estimate of drug-likeness (QED) is 0.286. The Morgan fingerprint density at radius 2 is 1.81 bits per heavy atom. The Morgan fingerprint density at radius 3 is 2.59 bits per heavy atom. The van der Waals surface area contributed by atoms with Crippen LogP contribution in [0.1, 0.15) is 28.6 Å². The Morgan fingerprint density at radius 1 is 1.00 bits per heavy atom. The van der Waals surface area contributed by atoms with Gasteiger partial charge in [0.2, 0.25) is 0 Å². The molecule has 8 heteroatoms. The van der Waals surface area contributed by atoms with Crippen molar-refractivity contribution in [2.75, 3.05) is 5.32 Å². The molecule has 0 bridgehead atoms. The number of amides is 2. The number of para-hydroxylation sites is 1. The maximum atomic E-state index is 13.9. The molecule has 5 aromatic rings. The smallest absolute Gasteiger partial charge is 0.308 e. The molecule has 37 heavy (non-hydrogen) atoms. The van der Waals surface area contributed by atoms with Crippen LogP contribution in [0.25, 0.3) is 11.5 Å². The Kier molecular flexibility index (Phi) is 5.77. The normalized spacial score (nSPS) is 14.6. The Balaban J connectivity index is 1.54. The van der Waals surface area contributed by atoms with Crippen LogP contribution in [0.15, 0.2) is 97.2 Å². The summed E-state index contributed by atoms with van der Waals surface area (Å²) in [5.74, 6) is 0.452. The Bertz CT molecular complexity index is 1610. The van der Waals surface area contributed by atoms with Gasteiger partial charge in [-0.25, -0.2) is 13.9 Å². The predicted octanol–water partition coefficient (Wildman–Crippen LogP) is 6.90. The molecule has 0 saturated heterocycles. The molecule has 184 valence electrons. The van der Waals surface area contributed by atoms with E-state index in [2.05, 4.69) is 9.88 Å². The number of carbonyl (C=O) groups is 1. The lowest BCUT2D eigenvalue weighted by atomic mass is 10.0. The fourth-order valence-electron chi connectivity index (χ4n) is 4.94. The highest BCUT2D eigenvalue weighted by Crippen LogP contribution is 2.39. The largest absolute Gasteiger partial charge is 0.322 e. The first-order chi connectivity index (χ1) is 18.0. The van der Waals surface area contributed by atoms with Crippen LogP contribution in [0.4, 0.5) is 14.9 Å². The lowest BCUT2D eigenvalue weighted by molar-refractivity contribution is 0.194. The van der Waals surface area contributed by atoms with E-state index in [4.69, 9.17) is 16.7 Å². The van der Waals surface area contributed by atoms with Gasteiger partial charge in [-0.15, -0.1) is 0 Å². The second-order valence-electron chi connectivity index (χ2n) is 8.96. The highest BCUT2D eigenvalue weighted by atomic mass is 35.5. The van der Waals surface area contributed by atoms with Gasteiger partial charge in [0, 0.05) is 22.5 Å². The number of urea groups is 1. The SMILES string of the molecule is Cc1nn(-c2ccccc2)c2c1CN(C(=O)Nc1cccc(F)c1)[C@H](c1cccc(Cl)c1)c1cccn1-2. The molecule has 6 nitrogen and oxygen atoms in total. The molecule has 0 unspecified atom stereocenters. The average Bonchev–Trinajstić information content (AvgIpc) is 3.45. The second kappa shape index (κ2) is 9.26. The van der Waals surface area contributed by atoms with Crippen molar-refractivity contribution in [3.05, 3.63) is 131 Å². The van der Waals surface area contributed by atoms with Crippen LogP contribution in [-0.2, 0) is 6.54 Å². The molecule has 0 radical (unpaired) electrons. The molecule has 1 aliphatic rings. The number of benzene rings is 3. The molecule has 3 aromatic carbocycles. The molecule has 2 aromatic heterocycles. The van der Waals surface area contributed by atoms with Gasteiger partial charge in [0.05, 0.1) is 29.7 Å². The van der Waals surface area contributed by atoms with Gasteiger partial charge in [-0.05, 0) is 67.1 Å². The molecule has 0 saturated carbocycles. The number of aromatic nitrogens is 3. The average molecular weight is 512 g/mol. The summed E-state index contributed by atoms with van der Waals surface area (Å²) in [6, 6.07) is 26.5. The summed E-state index contributed by atoms with van der Waals surface area (Å²) in [6.45, 7) is 2.23. The molecule has 1 aliphatic heterocycles. The fraction of sp³-hybridized carbons (Fsp3) is 0.103. The molecule has 1 N–H and O–H groups in total. The molecule has 2 amide bonds. The number of nitrogens with zero attached hydrogens (tertiary/aromatic N) is 4. The third-order valence-electron chi connectivity index (χ3n) is 6.59. The van der Waals surface area contributed by atoms with Crippen LogP contribution < -0.4 is 5.32 Å². The van der Waals surface area contributed by atoms with E-state index in [1.165, 1.54) is 12.1 Å². The van der Waals surface area contributed by atoms with E-state index in [9.17, 15) is 9.18 Å². The van der Waals surface area contributed by atoms with Gasteiger partial charge in [0.1, 0.15) is 11.6 Å². The Labute approximate surface area is 218 Å². The van der Waals surface area contributed by atoms with Crippen LogP contribution in [0.2, 0.25) is 5.02 Å². The minimum absolute atomic E-state index is 0.286. The fourth-order valence-corrected chi connectivity index (χ4v) is 5.14. The summed E-state index contributed by atoms with van der Waals surface area (Å²) in [7, 11) is 0. The van der Waals surface area contributed by atoms with E-state index in [0.29, 0.717) is 10.7 Å². The van der Waals surface area contributed by atoms with Crippen molar-refractivity contribution in [1.82, 2.24) is 19.2 Å². The summed E-state index contributed by atoms with van der Waals surface area (Å²) in [5, 5.41) is 8.31. The highest BCUT2D eigenvalue weighted by molar-refractivity contribution is 6.30. The number of carbonyl (C=O) groups excluding carboxylic acids is 1. The molecule has 0 spiro atoms. The summed E-state index contributed by atoms with van der Waals surface area (Å²) in [6.07, 6.45) is 1.99. The number of nitrogens with one attached hydrogen (secondary N) is 1. The Hall–Kier alpha value is -4.36. The zero-order chi connectivity index (χ0) is 25.5. The second-order valence-corrected chi connectivity index (χ2v) is 9.40.